The number of terminal acetylenes is 1. The van der Waals surface area contributed by atoms with E-state index in [1.165, 1.54) is 0 Å². The molecule has 10 heavy (non-hydrogen) atoms. The molecule has 1 aliphatic heterocycles. The van der Waals surface area contributed by atoms with Crippen LogP contribution in [0.5, 0.6) is 0 Å². The predicted octanol–water partition coefficient (Wildman–Crippen LogP) is -0.442. The summed E-state index contributed by atoms with van der Waals surface area (Å²) in [4.78, 5) is 4.13. The second-order valence-electron chi connectivity index (χ2n) is 2.04. The fraction of sp³-hybridized carbons (Fsp3) is 0.571. The van der Waals surface area contributed by atoms with E-state index in [1.54, 1.807) is 0 Å². The molecular weight excluding hydrogens is 126 g/mol. The van der Waals surface area contributed by atoms with Crippen molar-refractivity contribution in [3.05, 3.63) is 0 Å². The van der Waals surface area contributed by atoms with Crippen LogP contribution in [-0.2, 0) is 0 Å². The molecule has 0 aromatic heterocycles. The number of hydrogen-bond acceptors (Lipinski definition) is 3. The van der Waals surface area contributed by atoms with Crippen molar-refractivity contribution in [2.75, 3.05) is 19.6 Å². The molecule has 0 unspecified atom stereocenters. The van der Waals surface area contributed by atoms with Crippen LogP contribution in [-0.4, -0.2) is 25.6 Å². The third-order valence-corrected chi connectivity index (χ3v) is 1.24. The van der Waals surface area contributed by atoms with E-state index in [4.69, 9.17) is 6.42 Å². The third-order valence-electron chi connectivity index (χ3n) is 1.24. The molecule has 0 aliphatic carbocycles. The Hall–Kier alpha value is -1.17. The van der Waals surface area contributed by atoms with Gasteiger partial charge in [-0.05, 0) is 0 Å². The third kappa shape index (κ3) is 1.98. The van der Waals surface area contributed by atoms with E-state index in [0.717, 1.165) is 32.0 Å². The molecule has 0 saturated carbocycles. The van der Waals surface area contributed by atoms with Crippen LogP contribution in [0, 0.1) is 12.3 Å². The molecular formula is C7H11N3. The maximum atomic E-state index is 5.06. The minimum atomic E-state index is 0.751. The van der Waals surface area contributed by atoms with Crippen LogP contribution in [0.1, 0.15) is 6.42 Å². The van der Waals surface area contributed by atoms with Crippen LogP contribution < -0.4 is 10.6 Å². The Kier molecular flexibility index (Phi) is 2.62. The number of nitrogens with zero attached hydrogens (tertiary/aromatic N) is 1. The molecule has 1 rings (SSSR count). The van der Waals surface area contributed by atoms with Gasteiger partial charge in [0.2, 0.25) is 0 Å². The lowest BCUT2D eigenvalue weighted by Gasteiger charge is -2.02. The highest BCUT2D eigenvalue weighted by Gasteiger charge is 2.01. The van der Waals surface area contributed by atoms with Crippen LogP contribution in [0.15, 0.2) is 4.99 Å². The van der Waals surface area contributed by atoms with Crippen molar-refractivity contribution in [2.24, 2.45) is 4.99 Å². The minimum absolute atomic E-state index is 0.751. The molecule has 54 valence electrons. The molecule has 0 spiro atoms. The summed E-state index contributed by atoms with van der Waals surface area (Å²) >= 11 is 0. The van der Waals surface area contributed by atoms with Gasteiger partial charge < -0.3 is 10.6 Å². The summed E-state index contributed by atoms with van der Waals surface area (Å²) < 4.78 is 0. The predicted molar refractivity (Wildman–Crippen MR) is 41.8 cm³/mol. The summed E-state index contributed by atoms with van der Waals surface area (Å²) in [6.07, 6.45) is 5.81. The van der Waals surface area contributed by atoms with Gasteiger partial charge in [-0.1, -0.05) is 0 Å². The molecule has 0 fully saturated rings. The lowest BCUT2D eigenvalue weighted by atomic mass is 10.4. The van der Waals surface area contributed by atoms with E-state index in [2.05, 4.69) is 21.5 Å². The number of guanidine groups is 1. The molecule has 0 amide bonds. The molecule has 0 radical (unpaired) electrons. The highest BCUT2D eigenvalue weighted by molar-refractivity contribution is 5.81. The van der Waals surface area contributed by atoms with Crippen LogP contribution in [0.25, 0.3) is 0 Å². The number of nitrogens with one attached hydrogen (secondary N) is 2. The number of aliphatic imine (C=N–C) groups is 1. The van der Waals surface area contributed by atoms with E-state index in [-0.39, 0.29) is 0 Å². The summed E-state index contributed by atoms with van der Waals surface area (Å²) in [6, 6.07) is 0. The Balaban J connectivity index is 2.08. The molecule has 1 heterocycles. The first-order valence-corrected chi connectivity index (χ1v) is 3.39. The zero-order valence-electron chi connectivity index (χ0n) is 5.85. The van der Waals surface area contributed by atoms with Crippen LogP contribution >= 0.6 is 0 Å². The van der Waals surface area contributed by atoms with Gasteiger partial charge in [0, 0.05) is 19.5 Å². The Labute approximate surface area is 60.9 Å². The molecule has 3 nitrogen and oxygen atoms in total. The topological polar surface area (TPSA) is 36.4 Å². The Bertz CT molecular complexity index is 166. The first kappa shape index (κ1) is 6.94. The zero-order chi connectivity index (χ0) is 7.23. The molecule has 0 bridgehead atoms. The van der Waals surface area contributed by atoms with Gasteiger partial charge in [-0.15, -0.1) is 12.3 Å². The number of hydrogen-bond donors (Lipinski definition) is 2. The van der Waals surface area contributed by atoms with Gasteiger partial charge in [0.15, 0.2) is 5.96 Å². The second kappa shape index (κ2) is 3.78. The molecule has 1 aliphatic rings. The van der Waals surface area contributed by atoms with Gasteiger partial charge in [-0.3, -0.25) is 4.99 Å². The monoisotopic (exact) mass is 137 g/mol. The van der Waals surface area contributed by atoms with Crippen molar-refractivity contribution < 1.29 is 0 Å². The van der Waals surface area contributed by atoms with Crippen LogP contribution in [0.4, 0.5) is 0 Å². The fourth-order valence-electron chi connectivity index (χ4n) is 0.769. The van der Waals surface area contributed by atoms with E-state index >= 15 is 0 Å². The van der Waals surface area contributed by atoms with Crippen LogP contribution in [0.2, 0.25) is 0 Å². The lowest BCUT2D eigenvalue weighted by molar-refractivity contribution is 0.864. The summed E-state index contributed by atoms with van der Waals surface area (Å²) in [5.41, 5.74) is 0. The normalized spacial score (nSPS) is 15.3. The SMILES string of the molecule is C#CCCNC1=NCCN1. The van der Waals surface area contributed by atoms with Crippen molar-refractivity contribution in [3.8, 4) is 12.3 Å². The molecule has 0 aromatic rings. The summed E-state index contributed by atoms with van der Waals surface area (Å²) in [7, 11) is 0. The maximum absolute atomic E-state index is 5.06. The lowest BCUT2D eigenvalue weighted by Crippen LogP contribution is -2.34. The highest BCUT2D eigenvalue weighted by Crippen LogP contribution is 1.80. The van der Waals surface area contributed by atoms with E-state index in [1.807, 2.05) is 0 Å². The van der Waals surface area contributed by atoms with Crippen molar-refractivity contribution in [3.63, 3.8) is 0 Å². The molecule has 0 aromatic carbocycles. The second-order valence-corrected chi connectivity index (χ2v) is 2.04. The highest BCUT2D eigenvalue weighted by atomic mass is 15.2. The average Bonchev–Trinajstić information content (AvgIpc) is 2.41. The maximum Gasteiger partial charge on any atom is 0.191 e. The molecule has 0 saturated heterocycles. The van der Waals surface area contributed by atoms with Gasteiger partial charge >= 0.3 is 0 Å². The average molecular weight is 137 g/mol. The van der Waals surface area contributed by atoms with Gasteiger partial charge in [-0.2, -0.15) is 0 Å². The standard InChI is InChI=1S/C7H11N3/c1-2-3-4-8-7-9-5-6-10-7/h1H,3-6H2,(H2,8,9,10). The fourth-order valence-corrected chi connectivity index (χ4v) is 0.769. The Morgan fingerprint density at radius 1 is 1.80 bits per heavy atom. The van der Waals surface area contributed by atoms with E-state index in [0.29, 0.717) is 0 Å². The minimum Gasteiger partial charge on any atom is -0.355 e. The largest absolute Gasteiger partial charge is 0.355 e. The van der Waals surface area contributed by atoms with Gasteiger partial charge in [0.05, 0.1) is 6.54 Å². The summed E-state index contributed by atoms with van der Waals surface area (Å²) in [6.45, 7) is 2.62. The summed E-state index contributed by atoms with van der Waals surface area (Å²) in [5.74, 6) is 3.43. The van der Waals surface area contributed by atoms with Gasteiger partial charge in [0.25, 0.3) is 0 Å². The van der Waals surface area contributed by atoms with Crippen molar-refractivity contribution >= 4 is 5.96 Å². The molecule has 0 atom stereocenters. The van der Waals surface area contributed by atoms with Crippen molar-refractivity contribution in [1.82, 2.24) is 10.6 Å². The van der Waals surface area contributed by atoms with Crippen molar-refractivity contribution in [2.45, 2.75) is 6.42 Å². The Morgan fingerprint density at radius 3 is 3.30 bits per heavy atom. The number of rotatable bonds is 2. The molecule has 3 heteroatoms. The van der Waals surface area contributed by atoms with E-state index < -0.39 is 0 Å². The Morgan fingerprint density at radius 2 is 2.70 bits per heavy atom. The first-order chi connectivity index (χ1) is 4.93. The molecule has 2 N–H and O–H groups in total. The quantitative estimate of drug-likeness (QED) is 0.400. The zero-order valence-corrected chi connectivity index (χ0v) is 5.85. The summed E-state index contributed by atoms with van der Waals surface area (Å²) in [5, 5.41) is 6.16. The first-order valence-electron chi connectivity index (χ1n) is 3.39. The van der Waals surface area contributed by atoms with Crippen molar-refractivity contribution in [1.29, 1.82) is 0 Å². The van der Waals surface area contributed by atoms with E-state index in [9.17, 15) is 0 Å². The smallest absolute Gasteiger partial charge is 0.191 e. The van der Waals surface area contributed by atoms with Crippen LogP contribution in [0.3, 0.4) is 0 Å². The van der Waals surface area contributed by atoms with Gasteiger partial charge in [0.1, 0.15) is 0 Å². The van der Waals surface area contributed by atoms with Gasteiger partial charge in [-0.25, -0.2) is 0 Å².